The van der Waals surface area contributed by atoms with E-state index in [9.17, 15) is 4.39 Å². The van der Waals surface area contributed by atoms with Crippen LogP contribution >= 0.6 is 34.8 Å². The van der Waals surface area contributed by atoms with Crippen molar-refractivity contribution in [2.45, 2.75) is 13.5 Å². The fourth-order valence-electron chi connectivity index (χ4n) is 1.63. The van der Waals surface area contributed by atoms with Gasteiger partial charge < -0.3 is 10.1 Å². The van der Waals surface area contributed by atoms with Gasteiger partial charge in [-0.25, -0.2) is 9.37 Å². The SMILES string of the molecule is CCNCc1cc(F)cnc1Oc1cc(Cl)c(Cl)cc1Cl. The van der Waals surface area contributed by atoms with Crippen LogP contribution < -0.4 is 10.1 Å². The monoisotopic (exact) mass is 348 g/mol. The molecule has 3 nitrogen and oxygen atoms in total. The van der Waals surface area contributed by atoms with Gasteiger partial charge in [0.2, 0.25) is 5.88 Å². The molecule has 0 radical (unpaired) electrons. The van der Waals surface area contributed by atoms with Crippen molar-refractivity contribution < 1.29 is 9.13 Å². The molecule has 1 aromatic heterocycles. The molecule has 0 spiro atoms. The first kappa shape index (κ1) is 16.3. The lowest BCUT2D eigenvalue weighted by Gasteiger charge is -2.12. The summed E-state index contributed by atoms with van der Waals surface area (Å²) in [5, 5.41) is 4.02. The quantitative estimate of drug-likeness (QED) is 0.764. The lowest BCUT2D eigenvalue weighted by Crippen LogP contribution is -2.13. The van der Waals surface area contributed by atoms with E-state index in [0.29, 0.717) is 32.9 Å². The minimum atomic E-state index is -0.435. The molecule has 0 amide bonds. The number of nitrogens with one attached hydrogen (secondary N) is 1. The van der Waals surface area contributed by atoms with Gasteiger partial charge in [0.25, 0.3) is 0 Å². The topological polar surface area (TPSA) is 34.2 Å². The van der Waals surface area contributed by atoms with Crippen LogP contribution in [-0.2, 0) is 6.54 Å². The third kappa shape index (κ3) is 4.20. The molecule has 0 saturated carbocycles. The van der Waals surface area contributed by atoms with E-state index >= 15 is 0 Å². The van der Waals surface area contributed by atoms with Crippen molar-refractivity contribution in [2.24, 2.45) is 0 Å². The Bertz CT molecular complexity index is 652. The van der Waals surface area contributed by atoms with E-state index in [-0.39, 0.29) is 5.88 Å². The van der Waals surface area contributed by atoms with Crippen molar-refractivity contribution in [2.75, 3.05) is 6.54 Å². The molecule has 2 rings (SSSR count). The second kappa shape index (κ2) is 7.27. The van der Waals surface area contributed by atoms with Crippen molar-refractivity contribution in [1.82, 2.24) is 10.3 Å². The molecule has 2 aromatic rings. The maximum atomic E-state index is 13.3. The summed E-state index contributed by atoms with van der Waals surface area (Å²) in [5.74, 6) is 0.135. The molecule has 0 unspecified atom stereocenters. The lowest BCUT2D eigenvalue weighted by molar-refractivity contribution is 0.449. The van der Waals surface area contributed by atoms with Gasteiger partial charge in [-0.05, 0) is 18.7 Å². The summed E-state index contributed by atoms with van der Waals surface area (Å²) in [6.45, 7) is 3.11. The van der Waals surface area contributed by atoms with Gasteiger partial charge in [-0.3, -0.25) is 0 Å². The number of hydrogen-bond acceptors (Lipinski definition) is 3. The Labute approximate surface area is 137 Å². The maximum absolute atomic E-state index is 13.3. The number of ether oxygens (including phenoxy) is 1. The maximum Gasteiger partial charge on any atom is 0.223 e. The van der Waals surface area contributed by atoms with Gasteiger partial charge in [-0.2, -0.15) is 0 Å². The Morgan fingerprint density at radius 1 is 1.14 bits per heavy atom. The second-order valence-electron chi connectivity index (χ2n) is 4.20. The van der Waals surface area contributed by atoms with Crippen molar-refractivity contribution in [3.05, 3.63) is 50.8 Å². The van der Waals surface area contributed by atoms with Crippen LogP contribution in [0.25, 0.3) is 0 Å². The van der Waals surface area contributed by atoms with E-state index in [0.717, 1.165) is 12.7 Å². The molecule has 0 saturated heterocycles. The minimum absolute atomic E-state index is 0.262. The molecule has 0 bridgehead atoms. The molecule has 1 aromatic carbocycles. The Morgan fingerprint density at radius 3 is 2.57 bits per heavy atom. The summed E-state index contributed by atoms with van der Waals surface area (Å²) in [4.78, 5) is 3.95. The van der Waals surface area contributed by atoms with E-state index in [2.05, 4.69) is 10.3 Å². The lowest BCUT2D eigenvalue weighted by atomic mass is 10.2. The predicted octanol–water partition coefficient (Wildman–Crippen LogP) is 5.08. The summed E-state index contributed by atoms with van der Waals surface area (Å²) in [5.41, 5.74) is 0.582. The Hall–Kier alpha value is -1.07. The van der Waals surface area contributed by atoms with Crippen LogP contribution in [0.2, 0.25) is 15.1 Å². The van der Waals surface area contributed by atoms with Gasteiger partial charge in [0.1, 0.15) is 11.6 Å². The average molecular weight is 350 g/mol. The first-order chi connectivity index (χ1) is 10.0. The predicted molar refractivity (Wildman–Crippen MR) is 83.1 cm³/mol. The summed E-state index contributed by atoms with van der Waals surface area (Å²) >= 11 is 17.9. The van der Waals surface area contributed by atoms with Gasteiger partial charge in [0.05, 0.1) is 21.3 Å². The normalized spacial score (nSPS) is 10.7. The summed E-state index contributed by atoms with van der Waals surface area (Å²) in [6, 6.07) is 4.33. The van der Waals surface area contributed by atoms with Crippen molar-refractivity contribution in [3.8, 4) is 11.6 Å². The highest BCUT2D eigenvalue weighted by Gasteiger charge is 2.12. The largest absolute Gasteiger partial charge is 0.437 e. The van der Waals surface area contributed by atoms with Gasteiger partial charge >= 0.3 is 0 Å². The summed E-state index contributed by atoms with van der Waals surface area (Å²) in [6.07, 6.45) is 1.08. The molecular weight excluding hydrogens is 338 g/mol. The molecule has 0 aliphatic carbocycles. The molecule has 112 valence electrons. The van der Waals surface area contributed by atoms with E-state index in [1.54, 1.807) is 0 Å². The number of hydrogen-bond donors (Lipinski definition) is 1. The van der Waals surface area contributed by atoms with Crippen LogP contribution in [0.15, 0.2) is 24.4 Å². The molecule has 0 aliphatic rings. The summed E-state index contributed by atoms with van der Waals surface area (Å²) < 4.78 is 18.9. The Morgan fingerprint density at radius 2 is 1.86 bits per heavy atom. The zero-order chi connectivity index (χ0) is 15.4. The van der Waals surface area contributed by atoms with Gasteiger partial charge in [-0.1, -0.05) is 41.7 Å². The third-order valence-corrected chi connectivity index (χ3v) is 3.66. The molecule has 0 atom stereocenters. The Balaban J connectivity index is 2.32. The van der Waals surface area contributed by atoms with E-state index in [4.69, 9.17) is 39.5 Å². The minimum Gasteiger partial charge on any atom is -0.437 e. The fourth-order valence-corrected chi connectivity index (χ4v) is 2.21. The molecule has 0 fully saturated rings. The van der Waals surface area contributed by atoms with Crippen molar-refractivity contribution >= 4 is 34.8 Å². The molecular formula is C14H12Cl3FN2O. The van der Waals surface area contributed by atoms with Crippen LogP contribution in [0.1, 0.15) is 12.5 Å². The van der Waals surface area contributed by atoms with E-state index in [1.807, 2.05) is 6.92 Å². The van der Waals surface area contributed by atoms with Gasteiger partial charge in [0, 0.05) is 18.2 Å². The van der Waals surface area contributed by atoms with Crippen LogP contribution in [0.4, 0.5) is 4.39 Å². The number of pyridine rings is 1. The molecule has 1 heterocycles. The van der Waals surface area contributed by atoms with Crippen LogP contribution in [0, 0.1) is 5.82 Å². The van der Waals surface area contributed by atoms with Crippen LogP contribution in [0.3, 0.4) is 0 Å². The highest BCUT2D eigenvalue weighted by Crippen LogP contribution is 2.36. The number of nitrogens with zero attached hydrogens (tertiary/aromatic N) is 1. The zero-order valence-electron chi connectivity index (χ0n) is 11.1. The second-order valence-corrected chi connectivity index (χ2v) is 5.42. The van der Waals surface area contributed by atoms with Gasteiger partial charge in [-0.15, -0.1) is 0 Å². The van der Waals surface area contributed by atoms with Crippen LogP contribution in [-0.4, -0.2) is 11.5 Å². The summed E-state index contributed by atoms with van der Waals surface area (Å²) in [7, 11) is 0. The fraction of sp³-hybridized carbons (Fsp3) is 0.214. The molecule has 7 heteroatoms. The van der Waals surface area contributed by atoms with Crippen LogP contribution in [0.5, 0.6) is 11.6 Å². The van der Waals surface area contributed by atoms with Gasteiger partial charge in [0.15, 0.2) is 0 Å². The first-order valence-electron chi connectivity index (χ1n) is 6.18. The average Bonchev–Trinajstić information content (AvgIpc) is 2.44. The number of aromatic nitrogens is 1. The highest BCUT2D eigenvalue weighted by atomic mass is 35.5. The molecule has 21 heavy (non-hydrogen) atoms. The Kier molecular flexibility index (Phi) is 5.65. The number of benzene rings is 1. The van der Waals surface area contributed by atoms with E-state index < -0.39 is 5.82 Å². The van der Waals surface area contributed by atoms with E-state index in [1.165, 1.54) is 18.2 Å². The zero-order valence-corrected chi connectivity index (χ0v) is 13.4. The standard InChI is InChI=1S/C14H12Cl3FN2O/c1-2-19-6-8-3-9(18)7-20-14(8)21-13-5-11(16)10(15)4-12(13)17/h3-5,7,19H,2,6H2,1H3. The van der Waals surface area contributed by atoms with Crippen molar-refractivity contribution in [3.63, 3.8) is 0 Å². The first-order valence-corrected chi connectivity index (χ1v) is 7.32. The number of rotatable bonds is 5. The molecule has 1 N–H and O–H groups in total. The highest BCUT2D eigenvalue weighted by molar-refractivity contribution is 6.43. The number of halogens is 4. The molecule has 0 aliphatic heterocycles. The van der Waals surface area contributed by atoms with Crippen molar-refractivity contribution in [1.29, 1.82) is 0 Å². The third-order valence-electron chi connectivity index (χ3n) is 2.64. The smallest absolute Gasteiger partial charge is 0.223 e.